The highest BCUT2D eigenvalue weighted by atomic mass is 14.9. The Kier molecular flexibility index (Phi) is 5.45. The first-order valence-electron chi connectivity index (χ1n) is 7.95. The molecular weight excluding hydrogens is 230 g/mol. The van der Waals surface area contributed by atoms with Gasteiger partial charge in [-0.2, -0.15) is 0 Å². The molecule has 1 saturated carbocycles. The van der Waals surface area contributed by atoms with E-state index in [0.717, 1.165) is 18.5 Å². The zero-order valence-corrected chi connectivity index (χ0v) is 12.7. The summed E-state index contributed by atoms with van der Waals surface area (Å²) >= 11 is 0. The van der Waals surface area contributed by atoms with Gasteiger partial charge in [0.2, 0.25) is 0 Å². The highest BCUT2D eigenvalue weighted by Gasteiger charge is 2.21. The van der Waals surface area contributed by atoms with Gasteiger partial charge in [0.05, 0.1) is 0 Å². The zero-order chi connectivity index (χ0) is 13.7. The number of rotatable bonds is 5. The quantitative estimate of drug-likeness (QED) is 0.815. The van der Waals surface area contributed by atoms with Crippen molar-refractivity contribution < 1.29 is 0 Å². The van der Waals surface area contributed by atoms with Crippen molar-refractivity contribution >= 4 is 0 Å². The Morgan fingerprint density at radius 1 is 1.16 bits per heavy atom. The molecule has 3 atom stereocenters. The van der Waals surface area contributed by atoms with Crippen molar-refractivity contribution in [3.05, 3.63) is 35.9 Å². The number of hydrogen-bond donors (Lipinski definition) is 1. The van der Waals surface area contributed by atoms with Gasteiger partial charge in [-0.05, 0) is 36.2 Å². The minimum absolute atomic E-state index is 0.637. The standard InChI is InChI=1S/C18H29N/c1-14(2)18(16-9-5-4-6-10-16)13-19-17-11-7-8-15(3)12-17/h4-6,9-10,14-15,17-19H,7-8,11-13H2,1-3H3. The van der Waals surface area contributed by atoms with Gasteiger partial charge in [0.1, 0.15) is 0 Å². The van der Waals surface area contributed by atoms with Crippen molar-refractivity contribution in [2.24, 2.45) is 11.8 Å². The largest absolute Gasteiger partial charge is 0.313 e. The van der Waals surface area contributed by atoms with E-state index >= 15 is 0 Å². The molecule has 0 amide bonds. The summed E-state index contributed by atoms with van der Waals surface area (Å²) in [6.45, 7) is 8.19. The molecular formula is C18H29N. The van der Waals surface area contributed by atoms with Crippen LogP contribution in [0.5, 0.6) is 0 Å². The number of hydrogen-bond acceptors (Lipinski definition) is 1. The van der Waals surface area contributed by atoms with Crippen LogP contribution in [0, 0.1) is 11.8 Å². The van der Waals surface area contributed by atoms with E-state index in [4.69, 9.17) is 0 Å². The topological polar surface area (TPSA) is 12.0 Å². The molecule has 0 aromatic heterocycles. The van der Waals surface area contributed by atoms with Gasteiger partial charge in [-0.3, -0.25) is 0 Å². The molecule has 0 saturated heterocycles. The van der Waals surface area contributed by atoms with Crippen molar-refractivity contribution in [2.75, 3.05) is 6.54 Å². The Morgan fingerprint density at radius 3 is 2.53 bits per heavy atom. The highest BCUT2D eigenvalue weighted by molar-refractivity contribution is 5.20. The second kappa shape index (κ2) is 7.09. The molecule has 1 nitrogen and oxygen atoms in total. The summed E-state index contributed by atoms with van der Waals surface area (Å²) in [5.41, 5.74) is 1.48. The summed E-state index contributed by atoms with van der Waals surface area (Å²) < 4.78 is 0. The molecule has 1 fully saturated rings. The van der Waals surface area contributed by atoms with E-state index in [2.05, 4.69) is 56.4 Å². The maximum Gasteiger partial charge on any atom is 0.00698 e. The Bertz CT molecular complexity index is 357. The minimum Gasteiger partial charge on any atom is -0.313 e. The summed E-state index contributed by atoms with van der Waals surface area (Å²) in [7, 11) is 0. The van der Waals surface area contributed by atoms with E-state index < -0.39 is 0 Å². The van der Waals surface area contributed by atoms with Crippen molar-refractivity contribution in [1.82, 2.24) is 5.32 Å². The molecule has 0 bridgehead atoms. The average Bonchev–Trinajstić information content (AvgIpc) is 2.40. The molecule has 1 aliphatic rings. The molecule has 1 N–H and O–H groups in total. The van der Waals surface area contributed by atoms with Gasteiger partial charge in [-0.25, -0.2) is 0 Å². The van der Waals surface area contributed by atoms with Crippen LogP contribution >= 0.6 is 0 Å². The van der Waals surface area contributed by atoms with Crippen LogP contribution in [0.1, 0.15) is 57.9 Å². The smallest absolute Gasteiger partial charge is 0.00698 e. The Hall–Kier alpha value is -0.820. The SMILES string of the molecule is CC1CCCC(NCC(c2ccccc2)C(C)C)C1. The lowest BCUT2D eigenvalue weighted by molar-refractivity contribution is 0.290. The van der Waals surface area contributed by atoms with E-state index in [-0.39, 0.29) is 0 Å². The third kappa shape index (κ3) is 4.35. The molecule has 106 valence electrons. The first kappa shape index (κ1) is 14.6. The second-order valence-corrected chi connectivity index (χ2v) is 6.64. The first-order valence-corrected chi connectivity index (χ1v) is 7.95. The predicted octanol–water partition coefficient (Wildman–Crippen LogP) is 4.59. The van der Waals surface area contributed by atoms with Gasteiger partial charge in [0, 0.05) is 12.6 Å². The molecule has 0 spiro atoms. The third-order valence-electron chi connectivity index (χ3n) is 4.60. The monoisotopic (exact) mass is 259 g/mol. The molecule has 0 radical (unpaired) electrons. The highest BCUT2D eigenvalue weighted by Crippen LogP contribution is 2.26. The minimum atomic E-state index is 0.637. The number of nitrogens with one attached hydrogen (secondary N) is 1. The third-order valence-corrected chi connectivity index (χ3v) is 4.60. The zero-order valence-electron chi connectivity index (χ0n) is 12.7. The van der Waals surface area contributed by atoms with E-state index in [9.17, 15) is 0 Å². The Balaban J connectivity index is 1.91. The lowest BCUT2D eigenvalue weighted by Gasteiger charge is -2.30. The fraction of sp³-hybridized carbons (Fsp3) is 0.667. The molecule has 19 heavy (non-hydrogen) atoms. The lowest BCUT2D eigenvalue weighted by atomic mass is 9.85. The maximum atomic E-state index is 3.83. The molecule has 3 unspecified atom stereocenters. The molecule has 1 heteroatoms. The van der Waals surface area contributed by atoms with Crippen molar-refractivity contribution in [1.29, 1.82) is 0 Å². The fourth-order valence-electron chi connectivity index (χ4n) is 3.35. The van der Waals surface area contributed by atoms with Gasteiger partial charge >= 0.3 is 0 Å². The first-order chi connectivity index (χ1) is 9.16. The molecule has 1 aromatic carbocycles. The van der Waals surface area contributed by atoms with Crippen LogP contribution in [0.2, 0.25) is 0 Å². The van der Waals surface area contributed by atoms with Gasteiger partial charge in [0.25, 0.3) is 0 Å². The molecule has 1 aromatic rings. The van der Waals surface area contributed by atoms with Crippen LogP contribution in [0.15, 0.2) is 30.3 Å². The normalized spacial score (nSPS) is 25.5. The van der Waals surface area contributed by atoms with E-state index in [0.29, 0.717) is 11.8 Å². The lowest BCUT2D eigenvalue weighted by Crippen LogP contribution is -2.37. The summed E-state index contributed by atoms with van der Waals surface area (Å²) in [5.74, 6) is 2.23. The van der Waals surface area contributed by atoms with Crippen LogP contribution < -0.4 is 5.32 Å². The van der Waals surface area contributed by atoms with Crippen molar-refractivity contribution in [3.63, 3.8) is 0 Å². The summed E-state index contributed by atoms with van der Waals surface area (Å²) in [6.07, 6.45) is 5.55. The number of benzene rings is 1. The van der Waals surface area contributed by atoms with Crippen LogP contribution in [0.25, 0.3) is 0 Å². The van der Waals surface area contributed by atoms with Gasteiger partial charge < -0.3 is 5.32 Å². The van der Waals surface area contributed by atoms with Gasteiger partial charge in [-0.15, -0.1) is 0 Å². The fourth-order valence-corrected chi connectivity index (χ4v) is 3.35. The Morgan fingerprint density at radius 2 is 1.89 bits per heavy atom. The molecule has 0 heterocycles. The second-order valence-electron chi connectivity index (χ2n) is 6.64. The molecule has 2 rings (SSSR count). The van der Waals surface area contributed by atoms with Gasteiger partial charge in [0.15, 0.2) is 0 Å². The predicted molar refractivity (Wildman–Crippen MR) is 83.4 cm³/mol. The van der Waals surface area contributed by atoms with Crippen LogP contribution in [0.4, 0.5) is 0 Å². The van der Waals surface area contributed by atoms with Crippen LogP contribution in [-0.4, -0.2) is 12.6 Å². The Labute approximate surface area is 118 Å². The molecule has 0 aliphatic heterocycles. The summed E-state index contributed by atoms with van der Waals surface area (Å²) in [4.78, 5) is 0. The van der Waals surface area contributed by atoms with Crippen LogP contribution in [0.3, 0.4) is 0 Å². The molecule has 1 aliphatic carbocycles. The maximum absolute atomic E-state index is 3.83. The summed E-state index contributed by atoms with van der Waals surface area (Å²) in [6, 6.07) is 11.7. The van der Waals surface area contributed by atoms with E-state index in [1.165, 1.54) is 31.2 Å². The average molecular weight is 259 g/mol. The van der Waals surface area contributed by atoms with Crippen molar-refractivity contribution in [2.45, 2.75) is 58.4 Å². The van der Waals surface area contributed by atoms with E-state index in [1.54, 1.807) is 0 Å². The van der Waals surface area contributed by atoms with Crippen molar-refractivity contribution in [3.8, 4) is 0 Å². The van der Waals surface area contributed by atoms with Crippen LogP contribution in [-0.2, 0) is 0 Å². The summed E-state index contributed by atoms with van der Waals surface area (Å²) in [5, 5.41) is 3.83. The van der Waals surface area contributed by atoms with E-state index in [1.807, 2.05) is 0 Å². The van der Waals surface area contributed by atoms with Gasteiger partial charge in [-0.1, -0.05) is 63.9 Å².